The average Bonchev–Trinajstić information content (AvgIpc) is 3.01. The van der Waals surface area contributed by atoms with Crippen molar-refractivity contribution < 1.29 is 0 Å². The predicted octanol–water partition coefficient (Wildman–Crippen LogP) is 3.07. The van der Waals surface area contributed by atoms with Crippen LogP contribution in [0.4, 0.5) is 10.9 Å². The minimum atomic E-state index is 0.860. The quantitative estimate of drug-likeness (QED) is 0.794. The number of aryl methyl sites for hydroxylation is 1. The maximum atomic E-state index is 4.62. The number of piperazine rings is 1. The van der Waals surface area contributed by atoms with Gasteiger partial charge in [-0.15, -0.1) is 11.3 Å². The molecule has 0 radical (unpaired) electrons. The molecule has 4 nitrogen and oxygen atoms in total. The van der Waals surface area contributed by atoms with Gasteiger partial charge in [-0.05, 0) is 18.1 Å². The van der Waals surface area contributed by atoms with E-state index in [-0.39, 0.29) is 0 Å². The largest absolute Gasteiger partial charge is 0.353 e. The van der Waals surface area contributed by atoms with Crippen LogP contribution in [0.5, 0.6) is 0 Å². The Balaban J connectivity index is 1.69. The van der Waals surface area contributed by atoms with E-state index in [2.05, 4.69) is 48.7 Å². The summed E-state index contributed by atoms with van der Waals surface area (Å²) in [5.41, 5.74) is 2.48. The van der Waals surface area contributed by atoms with E-state index in [1.54, 1.807) is 11.3 Å². The zero-order valence-corrected chi connectivity index (χ0v) is 13.8. The number of anilines is 2. The van der Waals surface area contributed by atoms with Crippen LogP contribution in [0.2, 0.25) is 0 Å². The van der Waals surface area contributed by atoms with Crippen LogP contribution < -0.4 is 9.80 Å². The Morgan fingerprint density at radius 1 is 1.20 bits per heavy atom. The Bertz CT molecular complexity index is 565. The number of pyridine rings is 1. The summed E-state index contributed by atoms with van der Waals surface area (Å²) in [7, 11) is 0. The van der Waals surface area contributed by atoms with Gasteiger partial charge in [0.05, 0.1) is 0 Å². The predicted molar refractivity (Wildman–Crippen MR) is 88.1 cm³/mol. The Kier molecular flexibility index (Phi) is 4.21. The van der Waals surface area contributed by atoms with Crippen LogP contribution in [-0.4, -0.2) is 36.1 Å². The van der Waals surface area contributed by atoms with E-state index in [1.165, 1.54) is 11.1 Å². The third kappa shape index (κ3) is 2.81. The standard InChI is InChI=1S/C14H17BrN4S/c1-11-8-12(9-15)10-17-13(11)18-3-5-19(6-4-18)14-16-2-7-20-14/h2,7-8,10H,3-6,9H2,1H3. The fraction of sp³-hybridized carbons (Fsp3) is 0.429. The summed E-state index contributed by atoms with van der Waals surface area (Å²) < 4.78 is 0. The van der Waals surface area contributed by atoms with Gasteiger partial charge in [0.2, 0.25) is 0 Å². The Labute approximate surface area is 131 Å². The molecule has 0 saturated carbocycles. The van der Waals surface area contributed by atoms with Gasteiger partial charge in [-0.2, -0.15) is 0 Å². The van der Waals surface area contributed by atoms with Gasteiger partial charge in [-0.25, -0.2) is 9.97 Å². The molecule has 0 unspecified atom stereocenters. The average molecular weight is 353 g/mol. The number of alkyl halides is 1. The van der Waals surface area contributed by atoms with E-state index < -0.39 is 0 Å². The lowest BCUT2D eigenvalue weighted by Crippen LogP contribution is -2.47. The number of thiazole rings is 1. The van der Waals surface area contributed by atoms with E-state index in [0.717, 1.165) is 42.5 Å². The fourth-order valence-corrected chi connectivity index (χ4v) is 3.51. The van der Waals surface area contributed by atoms with Gasteiger partial charge in [0.15, 0.2) is 5.13 Å². The molecule has 0 bridgehead atoms. The van der Waals surface area contributed by atoms with Crippen LogP contribution in [0.15, 0.2) is 23.8 Å². The summed E-state index contributed by atoms with van der Waals surface area (Å²) in [4.78, 5) is 13.7. The first-order chi connectivity index (χ1) is 9.78. The van der Waals surface area contributed by atoms with E-state index in [0.29, 0.717) is 0 Å². The van der Waals surface area contributed by atoms with Crippen molar-refractivity contribution in [2.24, 2.45) is 0 Å². The van der Waals surface area contributed by atoms with Crippen molar-refractivity contribution in [3.05, 3.63) is 35.0 Å². The van der Waals surface area contributed by atoms with Gasteiger partial charge in [0.25, 0.3) is 0 Å². The topological polar surface area (TPSA) is 32.3 Å². The minimum Gasteiger partial charge on any atom is -0.353 e. The SMILES string of the molecule is Cc1cc(CBr)cnc1N1CCN(c2nccs2)CC1. The molecular weight excluding hydrogens is 336 g/mol. The van der Waals surface area contributed by atoms with Gasteiger partial charge >= 0.3 is 0 Å². The molecule has 0 amide bonds. The van der Waals surface area contributed by atoms with Crippen molar-refractivity contribution in [2.45, 2.75) is 12.3 Å². The Morgan fingerprint density at radius 2 is 1.95 bits per heavy atom. The summed E-state index contributed by atoms with van der Waals surface area (Å²) in [5.74, 6) is 1.12. The van der Waals surface area contributed by atoms with Crippen LogP contribution in [-0.2, 0) is 5.33 Å². The van der Waals surface area contributed by atoms with Crippen LogP contribution in [0, 0.1) is 6.92 Å². The molecule has 0 aliphatic carbocycles. The zero-order valence-electron chi connectivity index (χ0n) is 11.4. The molecule has 0 spiro atoms. The molecule has 1 saturated heterocycles. The van der Waals surface area contributed by atoms with Crippen molar-refractivity contribution in [1.29, 1.82) is 0 Å². The molecule has 1 aliphatic rings. The van der Waals surface area contributed by atoms with Crippen molar-refractivity contribution in [2.75, 3.05) is 36.0 Å². The second-order valence-corrected chi connectivity index (χ2v) is 6.34. The third-order valence-corrected chi connectivity index (χ3v) is 5.01. The molecule has 0 aromatic carbocycles. The van der Waals surface area contributed by atoms with E-state index in [4.69, 9.17) is 0 Å². The van der Waals surface area contributed by atoms with Gasteiger partial charge in [0, 0.05) is 49.3 Å². The Hall–Kier alpha value is -1.14. The van der Waals surface area contributed by atoms with E-state index in [9.17, 15) is 0 Å². The van der Waals surface area contributed by atoms with Gasteiger partial charge < -0.3 is 9.80 Å². The highest BCUT2D eigenvalue weighted by atomic mass is 79.9. The number of halogens is 1. The van der Waals surface area contributed by atoms with Crippen molar-refractivity contribution in [3.63, 3.8) is 0 Å². The van der Waals surface area contributed by atoms with Crippen LogP contribution in [0.1, 0.15) is 11.1 Å². The molecular formula is C14H17BrN4S. The molecule has 6 heteroatoms. The minimum absolute atomic E-state index is 0.860. The summed E-state index contributed by atoms with van der Waals surface area (Å²) in [6.07, 6.45) is 3.83. The first kappa shape index (κ1) is 13.8. The summed E-state index contributed by atoms with van der Waals surface area (Å²) in [5, 5.41) is 4.02. The highest BCUT2D eigenvalue weighted by Crippen LogP contribution is 2.23. The zero-order chi connectivity index (χ0) is 13.9. The normalized spacial score (nSPS) is 15.7. The second kappa shape index (κ2) is 6.10. The van der Waals surface area contributed by atoms with E-state index in [1.807, 2.05) is 17.8 Å². The fourth-order valence-electron chi connectivity index (χ4n) is 2.51. The van der Waals surface area contributed by atoms with Gasteiger partial charge in [0.1, 0.15) is 5.82 Å². The molecule has 1 aliphatic heterocycles. The molecule has 3 heterocycles. The maximum absolute atomic E-state index is 4.62. The van der Waals surface area contributed by atoms with Crippen molar-refractivity contribution in [1.82, 2.24) is 9.97 Å². The van der Waals surface area contributed by atoms with Crippen molar-refractivity contribution in [3.8, 4) is 0 Å². The second-order valence-electron chi connectivity index (χ2n) is 4.91. The molecule has 2 aromatic rings. The number of nitrogens with zero attached hydrogens (tertiary/aromatic N) is 4. The Morgan fingerprint density at radius 3 is 2.55 bits per heavy atom. The van der Waals surface area contributed by atoms with Crippen LogP contribution >= 0.6 is 27.3 Å². The number of aromatic nitrogens is 2. The summed E-state index contributed by atoms with van der Waals surface area (Å²) >= 11 is 5.19. The molecule has 0 N–H and O–H groups in total. The molecule has 3 rings (SSSR count). The number of rotatable bonds is 3. The molecule has 1 fully saturated rings. The molecule has 0 atom stereocenters. The maximum Gasteiger partial charge on any atom is 0.185 e. The third-order valence-electron chi connectivity index (χ3n) is 3.53. The number of hydrogen-bond donors (Lipinski definition) is 0. The lowest BCUT2D eigenvalue weighted by Gasteiger charge is -2.35. The molecule has 2 aromatic heterocycles. The first-order valence-corrected chi connectivity index (χ1v) is 8.69. The highest BCUT2D eigenvalue weighted by Gasteiger charge is 2.20. The van der Waals surface area contributed by atoms with Crippen LogP contribution in [0.25, 0.3) is 0 Å². The van der Waals surface area contributed by atoms with Gasteiger partial charge in [-0.1, -0.05) is 22.0 Å². The van der Waals surface area contributed by atoms with Crippen LogP contribution in [0.3, 0.4) is 0 Å². The van der Waals surface area contributed by atoms with Gasteiger partial charge in [-0.3, -0.25) is 0 Å². The molecule has 20 heavy (non-hydrogen) atoms. The molecule has 106 valence electrons. The monoisotopic (exact) mass is 352 g/mol. The number of hydrogen-bond acceptors (Lipinski definition) is 5. The van der Waals surface area contributed by atoms with Crippen molar-refractivity contribution >= 4 is 38.2 Å². The highest BCUT2D eigenvalue weighted by molar-refractivity contribution is 9.08. The van der Waals surface area contributed by atoms with E-state index >= 15 is 0 Å². The summed E-state index contributed by atoms with van der Waals surface area (Å²) in [6.45, 7) is 6.16. The lowest BCUT2D eigenvalue weighted by molar-refractivity contribution is 0.644. The summed E-state index contributed by atoms with van der Waals surface area (Å²) in [6, 6.07) is 2.21. The lowest BCUT2D eigenvalue weighted by atomic mass is 10.2. The smallest absolute Gasteiger partial charge is 0.185 e. The first-order valence-electron chi connectivity index (χ1n) is 6.69.